The van der Waals surface area contributed by atoms with Crippen molar-refractivity contribution in [3.05, 3.63) is 133 Å². The molecule has 4 aromatic rings. The maximum absolute atomic E-state index is 12.3. The highest BCUT2D eigenvalue weighted by molar-refractivity contribution is 5.70. The summed E-state index contributed by atoms with van der Waals surface area (Å²) >= 11 is 0. The molecule has 0 spiro atoms. The van der Waals surface area contributed by atoms with Crippen molar-refractivity contribution in [2.75, 3.05) is 65.7 Å². The van der Waals surface area contributed by atoms with E-state index >= 15 is 0 Å². The number of carbonyl (C=O) groups excluding carboxylic acids is 2. The monoisotopic (exact) mass is 1320 g/mol. The van der Waals surface area contributed by atoms with Crippen molar-refractivity contribution in [1.29, 1.82) is 0 Å². The van der Waals surface area contributed by atoms with Gasteiger partial charge in [0.2, 0.25) is 0 Å². The molecular formula is C88H140N2O6. The number of unbranched alkanes of at least 4 members (excludes halogenated alkanes) is 32. The first kappa shape index (κ1) is 83.2. The average Bonchev–Trinajstić information content (AvgIpc) is 1.51. The van der Waals surface area contributed by atoms with Crippen LogP contribution in [0.1, 0.15) is 296 Å². The van der Waals surface area contributed by atoms with Crippen LogP contribution in [-0.4, -0.2) is 87.4 Å². The number of esters is 2. The summed E-state index contributed by atoms with van der Waals surface area (Å²) in [4.78, 5) is 29.7. The average molecular weight is 1320 g/mol. The first-order valence-electron chi connectivity index (χ1n) is 39.9. The fraction of sp³-hybridized carbons (Fsp3) is 0.659. The molecule has 538 valence electrons. The Morgan fingerprint density at radius 1 is 0.385 bits per heavy atom. The van der Waals surface area contributed by atoms with Crippen LogP contribution in [0.25, 0.3) is 22.3 Å². The van der Waals surface area contributed by atoms with Gasteiger partial charge in [0.15, 0.2) is 0 Å². The van der Waals surface area contributed by atoms with Gasteiger partial charge in [0.25, 0.3) is 0 Å². The molecule has 1 aliphatic heterocycles. The number of nitrogens with zero attached hydrogens (tertiary/aromatic N) is 2. The second-order valence-corrected chi connectivity index (χ2v) is 28.0. The molecule has 0 aromatic heterocycles. The third-order valence-electron chi connectivity index (χ3n) is 19.8. The van der Waals surface area contributed by atoms with Crippen molar-refractivity contribution in [2.24, 2.45) is 11.8 Å². The molecule has 0 aliphatic carbocycles. The summed E-state index contributed by atoms with van der Waals surface area (Å²) in [5, 5.41) is 0. The molecule has 96 heavy (non-hydrogen) atoms. The second kappa shape index (κ2) is 57.7. The molecule has 1 heterocycles. The summed E-state index contributed by atoms with van der Waals surface area (Å²) in [6, 6.07) is 33.9. The number of rotatable bonds is 60. The first-order valence-corrected chi connectivity index (χ1v) is 39.9. The summed E-state index contributed by atoms with van der Waals surface area (Å²) in [6.45, 7) is 26.7. The second-order valence-electron chi connectivity index (χ2n) is 28.0. The van der Waals surface area contributed by atoms with Crippen molar-refractivity contribution >= 4 is 11.9 Å². The van der Waals surface area contributed by atoms with E-state index < -0.39 is 0 Å². The molecule has 0 radical (unpaired) electrons. The molecule has 0 amide bonds. The maximum Gasteiger partial charge on any atom is 0.306 e. The van der Waals surface area contributed by atoms with Crippen molar-refractivity contribution < 1.29 is 28.5 Å². The molecule has 2 unspecified atom stereocenters. The van der Waals surface area contributed by atoms with Crippen LogP contribution >= 0.6 is 0 Å². The van der Waals surface area contributed by atoms with E-state index in [2.05, 4.69) is 148 Å². The van der Waals surface area contributed by atoms with Crippen LogP contribution in [0.3, 0.4) is 0 Å². The van der Waals surface area contributed by atoms with Gasteiger partial charge < -0.3 is 23.8 Å². The van der Waals surface area contributed by atoms with E-state index in [0.29, 0.717) is 32.5 Å². The van der Waals surface area contributed by atoms with Crippen LogP contribution in [-0.2, 0) is 31.9 Å². The molecule has 2 atom stereocenters. The van der Waals surface area contributed by atoms with Gasteiger partial charge in [0.1, 0.15) is 11.5 Å². The van der Waals surface area contributed by atoms with Crippen molar-refractivity contribution in [1.82, 2.24) is 9.80 Å². The lowest BCUT2D eigenvalue weighted by Gasteiger charge is -2.18. The molecule has 5 rings (SSSR count). The molecular weight excluding hydrogens is 1180 g/mol. The zero-order valence-electron chi connectivity index (χ0n) is 62.1. The van der Waals surface area contributed by atoms with Crippen LogP contribution in [0.5, 0.6) is 11.5 Å². The Labute approximate surface area is 589 Å². The van der Waals surface area contributed by atoms with E-state index in [9.17, 15) is 9.59 Å². The minimum Gasteiger partial charge on any atom is -0.494 e. The third-order valence-corrected chi connectivity index (χ3v) is 19.8. The van der Waals surface area contributed by atoms with Crippen molar-refractivity contribution in [3.63, 3.8) is 0 Å². The fourth-order valence-electron chi connectivity index (χ4n) is 13.5. The van der Waals surface area contributed by atoms with Gasteiger partial charge in [-0.2, -0.15) is 0 Å². The van der Waals surface area contributed by atoms with E-state index in [0.717, 1.165) is 107 Å². The largest absolute Gasteiger partial charge is 0.494 e. The molecule has 8 nitrogen and oxygen atoms in total. The SMILES string of the molecule is C=CCN(CC=C)CCCCCCCCCCCOC(=O)CCc1ccc(-c2ccc(OCCCCCCCCCCC)cc2)cc1.CCCCCCCCCCCOc1ccc(-c2ccc(CCC(=O)OCCCCCCCCCCCN3CC(CC)C(CC)C3)cc2)cc1. The highest BCUT2D eigenvalue weighted by atomic mass is 16.5. The van der Waals surface area contributed by atoms with Gasteiger partial charge in [0, 0.05) is 39.0 Å². The summed E-state index contributed by atoms with van der Waals surface area (Å²) in [5.74, 6) is 3.59. The van der Waals surface area contributed by atoms with Gasteiger partial charge in [-0.1, -0.05) is 318 Å². The third kappa shape index (κ3) is 41.3. The highest BCUT2D eigenvalue weighted by Crippen LogP contribution is 2.30. The van der Waals surface area contributed by atoms with Gasteiger partial charge in [-0.15, -0.1) is 13.2 Å². The first-order chi connectivity index (χ1) is 47.3. The Kier molecular flexibility index (Phi) is 50.0. The predicted octanol–water partition coefficient (Wildman–Crippen LogP) is 24.5. The standard InChI is InChI=1S/C45H73NO3.C43H67NO3/c1-4-7-8-9-10-13-16-19-22-35-48-44-31-29-43(30-32-44)42-27-24-39(25-28-42)26-33-45(47)49-36-23-20-17-14-11-12-15-18-21-34-46-37-40(5-2)41(6-3)38-46;1-4-7-8-9-10-13-16-19-22-37-46-42-31-29-41(30-32-42)40-27-24-39(25-28-40)26-33-43(45)47-38-23-20-17-14-11-12-15-18-21-36-44(34-5-2)35-6-3/h24-25,27-32,40-41H,4-23,26,33-38H2,1-3H3;5-6,24-25,27-32H,2-4,7-23,26,33-38H2,1H3. The summed E-state index contributed by atoms with van der Waals surface area (Å²) in [7, 11) is 0. The van der Waals surface area contributed by atoms with Gasteiger partial charge in [-0.05, 0) is 134 Å². The number of ether oxygens (including phenoxy) is 4. The van der Waals surface area contributed by atoms with Gasteiger partial charge in [0.05, 0.1) is 26.4 Å². The van der Waals surface area contributed by atoms with E-state index in [1.807, 2.05) is 12.2 Å². The van der Waals surface area contributed by atoms with E-state index in [1.165, 1.54) is 253 Å². The zero-order chi connectivity index (χ0) is 68.4. The minimum absolute atomic E-state index is 0.0774. The van der Waals surface area contributed by atoms with Gasteiger partial charge >= 0.3 is 11.9 Å². The van der Waals surface area contributed by atoms with Crippen LogP contribution < -0.4 is 9.47 Å². The Bertz CT molecular complexity index is 2450. The fourth-order valence-corrected chi connectivity index (χ4v) is 13.5. The molecule has 1 fully saturated rings. The van der Waals surface area contributed by atoms with Crippen LogP contribution in [0.15, 0.2) is 122 Å². The lowest BCUT2D eigenvalue weighted by Crippen LogP contribution is -2.24. The van der Waals surface area contributed by atoms with Gasteiger partial charge in [-0.3, -0.25) is 14.5 Å². The Morgan fingerprint density at radius 3 is 1.00 bits per heavy atom. The number of hydrogen-bond donors (Lipinski definition) is 0. The Balaban J connectivity index is 0.000000409. The lowest BCUT2D eigenvalue weighted by molar-refractivity contribution is -0.144. The Morgan fingerprint density at radius 2 is 0.677 bits per heavy atom. The smallest absolute Gasteiger partial charge is 0.306 e. The van der Waals surface area contributed by atoms with E-state index in [4.69, 9.17) is 18.9 Å². The van der Waals surface area contributed by atoms with Crippen LogP contribution in [0, 0.1) is 11.8 Å². The molecule has 0 bridgehead atoms. The van der Waals surface area contributed by atoms with Gasteiger partial charge in [-0.25, -0.2) is 0 Å². The number of likely N-dealkylation sites (tertiary alicyclic amines) is 1. The van der Waals surface area contributed by atoms with Crippen molar-refractivity contribution in [2.45, 2.75) is 297 Å². The summed E-state index contributed by atoms with van der Waals surface area (Å²) in [5.41, 5.74) is 7.06. The highest BCUT2D eigenvalue weighted by Gasteiger charge is 2.29. The molecule has 0 N–H and O–H groups in total. The van der Waals surface area contributed by atoms with E-state index in [-0.39, 0.29) is 11.9 Å². The molecule has 1 saturated heterocycles. The number of aryl methyl sites for hydroxylation is 2. The Hall–Kier alpha value is -5.18. The number of benzene rings is 4. The summed E-state index contributed by atoms with van der Waals surface area (Å²) < 4.78 is 23.0. The van der Waals surface area contributed by atoms with Crippen LogP contribution in [0.2, 0.25) is 0 Å². The topological polar surface area (TPSA) is 77.5 Å². The maximum atomic E-state index is 12.3. The number of hydrogen-bond acceptors (Lipinski definition) is 8. The quantitative estimate of drug-likeness (QED) is 0.0246. The minimum atomic E-state index is -0.0909. The number of carbonyl (C=O) groups is 2. The summed E-state index contributed by atoms with van der Waals surface area (Å²) in [6.07, 6.45) is 55.5. The van der Waals surface area contributed by atoms with Crippen molar-refractivity contribution in [3.8, 4) is 33.8 Å². The molecule has 1 aliphatic rings. The van der Waals surface area contributed by atoms with Crippen LogP contribution in [0.4, 0.5) is 0 Å². The predicted molar refractivity (Wildman–Crippen MR) is 412 cm³/mol. The lowest BCUT2D eigenvalue weighted by atomic mass is 9.92. The molecule has 4 aromatic carbocycles. The van der Waals surface area contributed by atoms with E-state index in [1.54, 1.807) is 0 Å². The normalized spacial score (nSPS) is 13.8. The molecule has 0 saturated carbocycles. The zero-order valence-corrected chi connectivity index (χ0v) is 62.1. The molecule has 8 heteroatoms.